The molecule has 0 amide bonds. The normalized spacial score (nSPS) is 25.6. The summed E-state index contributed by atoms with van der Waals surface area (Å²) in [4.78, 5) is 2.41. The Morgan fingerprint density at radius 1 is 1.71 bits per heavy atom. The highest BCUT2D eigenvalue weighted by Gasteiger charge is 2.25. The fourth-order valence-corrected chi connectivity index (χ4v) is 1.83. The summed E-state index contributed by atoms with van der Waals surface area (Å²) in [5, 5.41) is 3.10. The molecule has 0 radical (unpaired) electrons. The standard InChI is InChI=1S/C11H20N2O/c1-4-6-13-7-8-14-11(9-13)10(5-2)12-3/h2,10-12H,4,6-9H2,1,3H3. The second-order valence-electron chi connectivity index (χ2n) is 3.64. The summed E-state index contributed by atoms with van der Waals surface area (Å²) in [6.45, 7) is 6.11. The van der Waals surface area contributed by atoms with Crippen molar-refractivity contribution in [3.05, 3.63) is 0 Å². The van der Waals surface area contributed by atoms with E-state index in [4.69, 9.17) is 11.2 Å². The number of rotatable bonds is 4. The van der Waals surface area contributed by atoms with E-state index in [0.717, 1.165) is 26.2 Å². The van der Waals surface area contributed by atoms with Crippen molar-refractivity contribution in [1.82, 2.24) is 10.2 Å². The minimum Gasteiger partial charge on any atom is -0.373 e. The van der Waals surface area contributed by atoms with Gasteiger partial charge in [-0.2, -0.15) is 0 Å². The number of nitrogens with one attached hydrogen (secondary N) is 1. The molecule has 1 rings (SSSR count). The van der Waals surface area contributed by atoms with E-state index >= 15 is 0 Å². The molecular weight excluding hydrogens is 176 g/mol. The first-order valence-electron chi connectivity index (χ1n) is 5.29. The third kappa shape index (κ3) is 2.98. The van der Waals surface area contributed by atoms with Crippen LogP contribution >= 0.6 is 0 Å². The van der Waals surface area contributed by atoms with Crippen LogP contribution in [0.2, 0.25) is 0 Å². The smallest absolute Gasteiger partial charge is 0.0967 e. The highest BCUT2D eigenvalue weighted by Crippen LogP contribution is 2.08. The van der Waals surface area contributed by atoms with E-state index in [1.54, 1.807) is 0 Å². The van der Waals surface area contributed by atoms with E-state index in [9.17, 15) is 0 Å². The Balaban J connectivity index is 2.43. The van der Waals surface area contributed by atoms with Gasteiger partial charge in [-0.1, -0.05) is 12.8 Å². The average molecular weight is 196 g/mol. The Kier molecular flexibility index (Phi) is 4.95. The lowest BCUT2D eigenvalue weighted by Gasteiger charge is -2.35. The third-order valence-electron chi connectivity index (χ3n) is 2.58. The quantitative estimate of drug-likeness (QED) is 0.655. The SMILES string of the molecule is C#CC(NC)C1CN(CCC)CCO1. The first-order chi connectivity index (χ1) is 6.81. The van der Waals surface area contributed by atoms with Gasteiger partial charge in [-0.05, 0) is 20.0 Å². The summed E-state index contributed by atoms with van der Waals surface area (Å²) >= 11 is 0. The summed E-state index contributed by atoms with van der Waals surface area (Å²) in [7, 11) is 1.88. The van der Waals surface area contributed by atoms with Crippen LogP contribution in [-0.4, -0.2) is 50.3 Å². The average Bonchev–Trinajstić information content (AvgIpc) is 2.21. The summed E-state index contributed by atoms with van der Waals surface area (Å²) in [5.41, 5.74) is 0. The molecule has 0 aromatic carbocycles. The van der Waals surface area contributed by atoms with E-state index in [0.29, 0.717) is 0 Å². The van der Waals surface area contributed by atoms with E-state index in [2.05, 4.69) is 23.1 Å². The molecule has 0 aromatic rings. The lowest BCUT2D eigenvalue weighted by atomic mass is 10.1. The highest BCUT2D eigenvalue weighted by atomic mass is 16.5. The molecule has 0 aliphatic carbocycles. The molecule has 2 atom stereocenters. The molecule has 0 saturated carbocycles. The molecule has 1 aliphatic rings. The molecule has 80 valence electrons. The first kappa shape index (κ1) is 11.5. The zero-order valence-electron chi connectivity index (χ0n) is 9.12. The number of likely N-dealkylation sites (N-methyl/N-ethyl adjacent to an activating group) is 1. The van der Waals surface area contributed by atoms with Gasteiger partial charge < -0.3 is 10.1 Å². The molecule has 1 saturated heterocycles. The Hall–Kier alpha value is -0.560. The molecule has 3 nitrogen and oxygen atoms in total. The molecule has 1 fully saturated rings. The van der Waals surface area contributed by atoms with Crippen LogP contribution < -0.4 is 5.32 Å². The van der Waals surface area contributed by atoms with Gasteiger partial charge in [-0.15, -0.1) is 6.42 Å². The number of hydrogen-bond donors (Lipinski definition) is 1. The van der Waals surface area contributed by atoms with Gasteiger partial charge in [0.2, 0.25) is 0 Å². The number of hydrogen-bond acceptors (Lipinski definition) is 3. The maximum Gasteiger partial charge on any atom is 0.0967 e. The molecule has 2 unspecified atom stereocenters. The zero-order chi connectivity index (χ0) is 10.4. The Morgan fingerprint density at radius 3 is 3.07 bits per heavy atom. The number of morpholine rings is 1. The molecule has 1 aliphatic heterocycles. The van der Waals surface area contributed by atoms with Crippen molar-refractivity contribution in [2.75, 3.05) is 33.3 Å². The monoisotopic (exact) mass is 196 g/mol. The van der Waals surface area contributed by atoms with Crippen LogP contribution in [-0.2, 0) is 4.74 Å². The van der Waals surface area contributed by atoms with Gasteiger partial charge in [0.25, 0.3) is 0 Å². The fourth-order valence-electron chi connectivity index (χ4n) is 1.83. The Bertz CT molecular complexity index is 198. The number of terminal acetylenes is 1. The Morgan fingerprint density at radius 2 is 2.50 bits per heavy atom. The summed E-state index contributed by atoms with van der Waals surface area (Å²) in [5.74, 6) is 2.72. The van der Waals surface area contributed by atoms with Crippen LogP contribution in [0.15, 0.2) is 0 Å². The molecule has 3 heteroatoms. The van der Waals surface area contributed by atoms with Crippen molar-refractivity contribution in [2.45, 2.75) is 25.5 Å². The lowest BCUT2D eigenvalue weighted by Crippen LogP contribution is -2.51. The van der Waals surface area contributed by atoms with Crippen LogP contribution in [0.1, 0.15) is 13.3 Å². The van der Waals surface area contributed by atoms with E-state index < -0.39 is 0 Å². The summed E-state index contributed by atoms with van der Waals surface area (Å²) in [6, 6.07) is 0.0367. The zero-order valence-corrected chi connectivity index (χ0v) is 9.12. The molecule has 0 spiro atoms. The summed E-state index contributed by atoms with van der Waals surface area (Å²) < 4.78 is 5.65. The largest absolute Gasteiger partial charge is 0.373 e. The molecule has 14 heavy (non-hydrogen) atoms. The van der Waals surface area contributed by atoms with Gasteiger partial charge in [0, 0.05) is 13.1 Å². The Labute approximate surface area is 86.8 Å². The molecule has 0 aromatic heterocycles. The van der Waals surface area contributed by atoms with Crippen molar-refractivity contribution in [3.8, 4) is 12.3 Å². The van der Waals surface area contributed by atoms with Gasteiger partial charge in [0.1, 0.15) is 0 Å². The van der Waals surface area contributed by atoms with Crippen molar-refractivity contribution >= 4 is 0 Å². The first-order valence-corrected chi connectivity index (χ1v) is 5.29. The molecule has 1 N–H and O–H groups in total. The van der Waals surface area contributed by atoms with E-state index in [1.807, 2.05) is 7.05 Å². The molecular formula is C11H20N2O. The predicted octanol–water partition coefficient (Wildman–Crippen LogP) is 0.318. The minimum atomic E-state index is 0.0367. The van der Waals surface area contributed by atoms with Crippen LogP contribution in [0, 0.1) is 12.3 Å². The van der Waals surface area contributed by atoms with E-state index in [1.165, 1.54) is 6.42 Å². The van der Waals surface area contributed by atoms with E-state index in [-0.39, 0.29) is 12.1 Å². The highest BCUT2D eigenvalue weighted by molar-refractivity contribution is 5.04. The van der Waals surface area contributed by atoms with Crippen molar-refractivity contribution < 1.29 is 4.74 Å². The number of ether oxygens (including phenoxy) is 1. The second kappa shape index (κ2) is 6.02. The topological polar surface area (TPSA) is 24.5 Å². The second-order valence-corrected chi connectivity index (χ2v) is 3.64. The number of nitrogens with zero attached hydrogens (tertiary/aromatic N) is 1. The third-order valence-corrected chi connectivity index (χ3v) is 2.58. The minimum absolute atomic E-state index is 0.0367. The van der Waals surface area contributed by atoms with Crippen LogP contribution in [0.25, 0.3) is 0 Å². The fraction of sp³-hybridized carbons (Fsp3) is 0.818. The molecule has 1 heterocycles. The van der Waals surface area contributed by atoms with Gasteiger partial charge in [0.05, 0.1) is 18.8 Å². The van der Waals surface area contributed by atoms with Gasteiger partial charge in [0.15, 0.2) is 0 Å². The van der Waals surface area contributed by atoms with Crippen molar-refractivity contribution in [3.63, 3.8) is 0 Å². The van der Waals surface area contributed by atoms with Gasteiger partial charge in [-0.3, -0.25) is 4.90 Å². The van der Waals surface area contributed by atoms with Crippen molar-refractivity contribution in [2.24, 2.45) is 0 Å². The maximum absolute atomic E-state index is 5.65. The van der Waals surface area contributed by atoms with Gasteiger partial charge >= 0.3 is 0 Å². The summed E-state index contributed by atoms with van der Waals surface area (Å²) in [6.07, 6.45) is 6.75. The lowest BCUT2D eigenvalue weighted by molar-refractivity contribution is -0.0362. The maximum atomic E-state index is 5.65. The predicted molar refractivity (Wildman–Crippen MR) is 58.2 cm³/mol. The van der Waals surface area contributed by atoms with Gasteiger partial charge in [-0.25, -0.2) is 0 Å². The van der Waals surface area contributed by atoms with Crippen LogP contribution in [0.3, 0.4) is 0 Å². The molecule has 0 bridgehead atoms. The van der Waals surface area contributed by atoms with Crippen LogP contribution in [0.4, 0.5) is 0 Å². The van der Waals surface area contributed by atoms with Crippen molar-refractivity contribution in [1.29, 1.82) is 0 Å². The van der Waals surface area contributed by atoms with Crippen LogP contribution in [0.5, 0.6) is 0 Å².